The van der Waals surface area contributed by atoms with Gasteiger partial charge in [0.1, 0.15) is 0 Å². The van der Waals surface area contributed by atoms with Crippen LogP contribution in [0.15, 0.2) is 0 Å². The molecule has 0 unspecified atom stereocenters. The lowest BCUT2D eigenvalue weighted by Gasteiger charge is -2.17. The lowest BCUT2D eigenvalue weighted by Crippen LogP contribution is -2.35. The molecule has 0 aliphatic heterocycles. The fourth-order valence-corrected chi connectivity index (χ4v) is 0.338. The molecular weight excluding hydrogens is 182 g/mol. The number of hydrogen-bond acceptors (Lipinski definition) is 3. The second-order valence-corrected chi connectivity index (χ2v) is 2.06. The third-order valence-electron chi connectivity index (χ3n) is 0.994. The van der Waals surface area contributed by atoms with E-state index in [0.29, 0.717) is 0 Å². The summed E-state index contributed by atoms with van der Waals surface area (Å²) in [5.74, 6) is 0. The molecule has 3 N–H and O–H groups in total. The highest BCUT2D eigenvalue weighted by Gasteiger charge is 2.42. The smallest absolute Gasteiger partial charge is 0.389 e. The van der Waals surface area contributed by atoms with Crippen molar-refractivity contribution in [3.8, 4) is 0 Å². The number of nitrogens with two attached hydrogens (primary N) is 1. The van der Waals surface area contributed by atoms with Crippen molar-refractivity contribution in [1.82, 2.24) is 0 Å². The Bertz CT molecular complexity index is 133. The Balaban J connectivity index is 3.75. The maximum Gasteiger partial charge on any atom is 0.416 e. The zero-order valence-electron chi connectivity index (χ0n) is 6.01. The molecule has 1 atom stereocenters. The van der Waals surface area contributed by atoms with E-state index in [2.05, 4.69) is 4.74 Å². The third kappa shape index (κ3) is 3.84. The van der Waals surface area contributed by atoms with E-state index in [1.54, 1.807) is 0 Å². The number of aliphatic hydroxyl groups excluding tert-OH is 1. The molecular formula is C5H9F4NO2. The molecule has 0 aromatic heterocycles. The van der Waals surface area contributed by atoms with Crippen molar-refractivity contribution in [3.63, 3.8) is 0 Å². The van der Waals surface area contributed by atoms with Crippen molar-refractivity contribution in [3.05, 3.63) is 0 Å². The number of halogens is 4. The first kappa shape index (κ1) is 11.6. The van der Waals surface area contributed by atoms with Crippen LogP contribution in [0.3, 0.4) is 0 Å². The van der Waals surface area contributed by atoms with Gasteiger partial charge in [-0.05, 0) is 0 Å². The fourth-order valence-electron chi connectivity index (χ4n) is 0.338. The van der Waals surface area contributed by atoms with Crippen LogP contribution in [-0.2, 0) is 4.74 Å². The van der Waals surface area contributed by atoms with Gasteiger partial charge in [-0.2, -0.15) is 8.78 Å². The Morgan fingerprint density at radius 2 is 1.92 bits per heavy atom. The molecule has 3 nitrogen and oxygen atoms in total. The predicted octanol–water partition coefficient (Wildman–Crippen LogP) is 0.181. The van der Waals surface area contributed by atoms with Gasteiger partial charge < -0.3 is 15.6 Å². The Morgan fingerprint density at radius 1 is 1.42 bits per heavy atom. The van der Waals surface area contributed by atoms with E-state index in [1.807, 2.05) is 0 Å². The zero-order chi connectivity index (χ0) is 9.78. The third-order valence-corrected chi connectivity index (χ3v) is 0.994. The van der Waals surface area contributed by atoms with Gasteiger partial charge in [0.15, 0.2) is 0 Å². The van der Waals surface area contributed by atoms with Crippen molar-refractivity contribution in [2.24, 2.45) is 5.73 Å². The second-order valence-electron chi connectivity index (χ2n) is 2.06. The molecule has 7 heteroatoms. The van der Waals surface area contributed by atoms with Gasteiger partial charge in [-0.1, -0.05) is 0 Å². The summed E-state index contributed by atoms with van der Waals surface area (Å²) in [7, 11) is 0. The summed E-state index contributed by atoms with van der Waals surface area (Å²) in [6.07, 6.45) is -9.77. The van der Waals surface area contributed by atoms with Crippen molar-refractivity contribution < 1.29 is 27.4 Å². The molecule has 0 aromatic rings. The van der Waals surface area contributed by atoms with E-state index in [4.69, 9.17) is 10.8 Å². The van der Waals surface area contributed by atoms with E-state index < -0.39 is 25.2 Å². The molecule has 0 aliphatic carbocycles. The maximum atomic E-state index is 11.9. The fraction of sp³-hybridized carbons (Fsp3) is 1.00. The summed E-state index contributed by atoms with van der Waals surface area (Å²) < 4.78 is 50.0. The summed E-state index contributed by atoms with van der Waals surface area (Å²) in [5, 5.41) is 8.57. The highest BCUT2D eigenvalue weighted by molar-refractivity contribution is 4.59. The van der Waals surface area contributed by atoms with E-state index in [-0.39, 0.29) is 6.54 Å². The molecule has 12 heavy (non-hydrogen) atoms. The van der Waals surface area contributed by atoms with Gasteiger partial charge in [0, 0.05) is 6.54 Å². The van der Waals surface area contributed by atoms with Gasteiger partial charge in [0.2, 0.25) is 0 Å². The van der Waals surface area contributed by atoms with Crippen LogP contribution in [0.5, 0.6) is 0 Å². The minimum atomic E-state index is -4.52. The molecule has 0 radical (unpaired) electrons. The van der Waals surface area contributed by atoms with Crippen molar-refractivity contribution in [2.75, 3.05) is 13.2 Å². The standard InChI is InChI=1S/C5H9F4NO2/c6-4(7)5(8,9)12-2-3(11)1-10/h3-4,11H,1-2,10H2/t3-/m0/s1. The summed E-state index contributed by atoms with van der Waals surface area (Å²) in [6.45, 7) is -1.23. The van der Waals surface area contributed by atoms with Crippen LogP contribution in [0.1, 0.15) is 0 Å². The van der Waals surface area contributed by atoms with Crippen LogP contribution < -0.4 is 5.73 Å². The SMILES string of the molecule is NC[C@H](O)COC(F)(F)C(F)F. The molecule has 0 bridgehead atoms. The monoisotopic (exact) mass is 191 g/mol. The van der Waals surface area contributed by atoms with Crippen molar-refractivity contribution in [1.29, 1.82) is 0 Å². The minimum Gasteiger partial charge on any atom is -0.389 e. The molecule has 0 aromatic carbocycles. The zero-order valence-corrected chi connectivity index (χ0v) is 6.01. The molecule has 0 saturated heterocycles. The van der Waals surface area contributed by atoms with Crippen LogP contribution >= 0.6 is 0 Å². The number of alkyl halides is 4. The van der Waals surface area contributed by atoms with Crippen LogP contribution in [0.2, 0.25) is 0 Å². The van der Waals surface area contributed by atoms with Gasteiger partial charge >= 0.3 is 12.5 Å². The summed E-state index contributed by atoms with van der Waals surface area (Å²) in [4.78, 5) is 0. The maximum absolute atomic E-state index is 11.9. The van der Waals surface area contributed by atoms with Crippen LogP contribution in [-0.4, -0.2) is 36.9 Å². The minimum absolute atomic E-state index is 0.320. The van der Waals surface area contributed by atoms with E-state index in [1.165, 1.54) is 0 Å². The first-order valence-corrected chi connectivity index (χ1v) is 3.08. The molecule has 0 rings (SSSR count). The number of hydrogen-bond donors (Lipinski definition) is 2. The highest BCUT2D eigenvalue weighted by Crippen LogP contribution is 2.23. The molecule has 74 valence electrons. The average molecular weight is 191 g/mol. The molecule has 0 spiro atoms. The van der Waals surface area contributed by atoms with Crippen molar-refractivity contribution >= 4 is 0 Å². The first-order valence-electron chi connectivity index (χ1n) is 3.08. The Kier molecular flexibility index (Phi) is 4.43. The van der Waals surface area contributed by atoms with Gasteiger partial charge in [-0.25, -0.2) is 8.78 Å². The molecule has 0 amide bonds. The number of aliphatic hydroxyl groups is 1. The molecule has 0 fully saturated rings. The number of ether oxygens (including phenoxy) is 1. The topological polar surface area (TPSA) is 55.5 Å². The van der Waals surface area contributed by atoms with Crippen molar-refractivity contribution in [2.45, 2.75) is 18.6 Å². The van der Waals surface area contributed by atoms with E-state index in [9.17, 15) is 17.6 Å². The van der Waals surface area contributed by atoms with E-state index in [0.717, 1.165) is 0 Å². The Labute approximate surface area is 66.1 Å². The Morgan fingerprint density at radius 3 is 2.25 bits per heavy atom. The molecule has 0 heterocycles. The quantitative estimate of drug-likeness (QED) is 0.609. The largest absolute Gasteiger partial charge is 0.416 e. The van der Waals surface area contributed by atoms with Gasteiger partial charge in [0.05, 0.1) is 12.7 Å². The number of rotatable bonds is 5. The lowest BCUT2D eigenvalue weighted by atomic mass is 10.4. The molecule has 0 aliphatic rings. The summed E-state index contributed by atoms with van der Waals surface area (Å²) in [6, 6.07) is 0. The average Bonchev–Trinajstić information content (AvgIpc) is 2.00. The van der Waals surface area contributed by atoms with Gasteiger partial charge in [-0.3, -0.25) is 0 Å². The van der Waals surface area contributed by atoms with Gasteiger partial charge in [-0.15, -0.1) is 0 Å². The van der Waals surface area contributed by atoms with E-state index >= 15 is 0 Å². The lowest BCUT2D eigenvalue weighted by molar-refractivity contribution is -0.306. The second kappa shape index (κ2) is 4.58. The van der Waals surface area contributed by atoms with Crippen LogP contribution in [0, 0.1) is 0 Å². The predicted molar refractivity (Wildman–Crippen MR) is 32.0 cm³/mol. The van der Waals surface area contributed by atoms with Gasteiger partial charge in [0.25, 0.3) is 0 Å². The summed E-state index contributed by atoms with van der Waals surface area (Å²) >= 11 is 0. The first-order chi connectivity index (χ1) is 5.40. The summed E-state index contributed by atoms with van der Waals surface area (Å²) in [5.41, 5.74) is 4.82. The van der Waals surface area contributed by atoms with Crippen LogP contribution in [0.4, 0.5) is 17.6 Å². The Hall–Kier alpha value is -0.400. The molecule has 0 saturated carbocycles. The van der Waals surface area contributed by atoms with Crippen LogP contribution in [0.25, 0.3) is 0 Å². The highest BCUT2D eigenvalue weighted by atomic mass is 19.3. The normalized spacial score (nSPS) is 15.2.